The lowest BCUT2D eigenvalue weighted by Gasteiger charge is -2.06. The zero-order valence-electron chi connectivity index (χ0n) is 10.1. The molecule has 0 bridgehead atoms. The molecule has 2 heterocycles. The van der Waals surface area contributed by atoms with Crippen molar-refractivity contribution in [3.8, 4) is 17.2 Å². The van der Waals surface area contributed by atoms with Gasteiger partial charge >= 0.3 is 11.3 Å². The Kier molecular flexibility index (Phi) is 2.28. The molecule has 0 fully saturated rings. The van der Waals surface area contributed by atoms with Crippen molar-refractivity contribution in [2.75, 3.05) is 0 Å². The number of phenolic OH excluding ortho intramolecular Hbond substituents is 3. The first-order valence-corrected chi connectivity index (χ1v) is 5.55. The van der Waals surface area contributed by atoms with E-state index in [0.29, 0.717) is 0 Å². The molecule has 20 heavy (non-hydrogen) atoms. The van der Waals surface area contributed by atoms with Crippen LogP contribution in [0.15, 0.2) is 30.6 Å². The van der Waals surface area contributed by atoms with Gasteiger partial charge in [-0.05, 0) is 19.1 Å². The maximum absolute atomic E-state index is 11.8. The number of benzene rings is 1. The zero-order chi connectivity index (χ0) is 14.6. The Morgan fingerprint density at radius 1 is 0.950 bits per heavy atom. The van der Waals surface area contributed by atoms with Gasteiger partial charge in [-0.3, -0.25) is 0 Å². The maximum Gasteiger partial charge on any atom is 0.344 e. The highest BCUT2D eigenvalue weighted by molar-refractivity contribution is 6.06. The Hall–Kier alpha value is -2.96. The van der Waals surface area contributed by atoms with Gasteiger partial charge in [0.2, 0.25) is 5.75 Å². The lowest BCUT2D eigenvalue weighted by Crippen LogP contribution is -2.06. The third-order valence-electron chi connectivity index (χ3n) is 2.99. The lowest BCUT2D eigenvalue weighted by atomic mass is 10.1. The zero-order valence-corrected chi connectivity index (χ0v) is 10.1. The smallest absolute Gasteiger partial charge is 0.344 e. The van der Waals surface area contributed by atoms with Gasteiger partial charge in [0.25, 0.3) is 0 Å². The van der Waals surface area contributed by atoms with E-state index in [1.165, 1.54) is 13.0 Å². The Balaban J connectivity index is 2.72. The largest absolute Gasteiger partial charge is 0.504 e. The Morgan fingerprint density at radius 2 is 1.65 bits per heavy atom. The van der Waals surface area contributed by atoms with E-state index in [4.69, 9.17) is 8.83 Å². The standard InChI is InChI=1S/C13H8O7/c1-4-2-7-11(20-12(4)17)8-5(13(18)19-7)3-6(14)9(15)10(8)16/h2-3,14-16H,1H3. The summed E-state index contributed by atoms with van der Waals surface area (Å²) < 4.78 is 9.96. The highest BCUT2D eigenvalue weighted by Crippen LogP contribution is 2.42. The van der Waals surface area contributed by atoms with E-state index in [0.717, 1.165) is 6.07 Å². The number of rotatable bonds is 0. The molecule has 7 heteroatoms. The van der Waals surface area contributed by atoms with Gasteiger partial charge in [-0.1, -0.05) is 0 Å². The van der Waals surface area contributed by atoms with E-state index < -0.39 is 28.5 Å². The molecule has 0 saturated carbocycles. The van der Waals surface area contributed by atoms with E-state index in [1.54, 1.807) is 0 Å². The van der Waals surface area contributed by atoms with E-state index in [1.807, 2.05) is 0 Å². The minimum atomic E-state index is -0.841. The SMILES string of the molecule is Cc1cc2oc(=O)c3cc(O)c(O)c(O)c3c2oc1=O. The molecule has 102 valence electrons. The van der Waals surface area contributed by atoms with Crippen LogP contribution >= 0.6 is 0 Å². The van der Waals surface area contributed by atoms with Crippen LogP contribution in [-0.4, -0.2) is 15.3 Å². The van der Waals surface area contributed by atoms with E-state index >= 15 is 0 Å². The molecule has 0 aliphatic rings. The minimum Gasteiger partial charge on any atom is -0.504 e. The van der Waals surface area contributed by atoms with Crippen molar-refractivity contribution in [2.24, 2.45) is 0 Å². The van der Waals surface area contributed by atoms with Crippen LogP contribution in [-0.2, 0) is 0 Å². The fourth-order valence-electron chi connectivity index (χ4n) is 1.98. The van der Waals surface area contributed by atoms with Gasteiger partial charge in [-0.25, -0.2) is 9.59 Å². The second-order valence-corrected chi connectivity index (χ2v) is 4.32. The van der Waals surface area contributed by atoms with Gasteiger partial charge in [0, 0.05) is 5.56 Å². The highest BCUT2D eigenvalue weighted by Gasteiger charge is 2.20. The molecule has 0 aliphatic carbocycles. The average molecular weight is 276 g/mol. The normalized spacial score (nSPS) is 11.2. The Bertz CT molecular complexity index is 978. The van der Waals surface area contributed by atoms with Crippen molar-refractivity contribution in [1.82, 2.24) is 0 Å². The maximum atomic E-state index is 11.8. The Labute approximate surface area is 109 Å². The molecule has 0 saturated heterocycles. The predicted molar refractivity (Wildman–Crippen MR) is 68.3 cm³/mol. The second-order valence-electron chi connectivity index (χ2n) is 4.32. The molecule has 3 aromatic rings. The molecule has 3 rings (SSSR count). The molecular formula is C13H8O7. The summed E-state index contributed by atoms with van der Waals surface area (Å²) in [6, 6.07) is 2.22. The number of hydrogen-bond donors (Lipinski definition) is 3. The summed E-state index contributed by atoms with van der Waals surface area (Å²) in [4.78, 5) is 23.4. The van der Waals surface area contributed by atoms with Crippen LogP contribution < -0.4 is 11.3 Å². The van der Waals surface area contributed by atoms with Gasteiger partial charge in [-0.2, -0.15) is 0 Å². The quantitative estimate of drug-likeness (QED) is 0.418. The fourth-order valence-corrected chi connectivity index (χ4v) is 1.98. The molecule has 0 spiro atoms. The van der Waals surface area contributed by atoms with E-state index in [-0.39, 0.29) is 27.5 Å². The van der Waals surface area contributed by atoms with Crippen molar-refractivity contribution in [3.05, 3.63) is 38.5 Å². The van der Waals surface area contributed by atoms with Crippen LogP contribution in [0.2, 0.25) is 0 Å². The van der Waals surface area contributed by atoms with Crippen LogP contribution in [0.3, 0.4) is 0 Å². The summed E-state index contributed by atoms with van der Waals surface area (Å²) in [6.45, 7) is 1.48. The summed E-state index contributed by atoms with van der Waals surface area (Å²) in [6.07, 6.45) is 0. The molecule has 0 radical (unpaired) electrons. The minimum absolute atomic E-state index is 0.0417. The summed E-state index contributed by atoms with van der Waals surface area (Å²) in [5.41, 5.74) is -1.50. The van der Waals surface area contributed by atoms with Crippen molar-refractivity contribution >= 4 is 21.9 Å². The topological polar surface area (TPSA) is 121 Å². The number of phenols is 3. The molecule has 0 amide bonds. The molecule has 0 unspecified atom stereocenters. The van der Waals surface area contributed by atoms with Crippen molar-refractivity contribution in [3.63, 3.8) is 0 Å². The van der Waals surface area contributed by atoms with Gasteiger partial charge in [0.15, 0.2) is 22.7 Å². The van der Waals surface area contributed by atoms with Crippen LogP contribution in [0.1, 0.15) is 5.56 Å². The molecule has 0 atom stereocenters. The summed E-state index contributed by atoms with van der Waals surface area (Å²) in [7, 11) is 0. The first-order valence-electron chi connectivity index (χ1n) is 5.55. The number of aromatic hydroxyl groups is 3. The summed E-state index contributed by atoms with van der Waals surface area (Å²) in [5, 5.41) is 28.4. The van der Waals surface area contributed by atoms with E-state index in [9.17, 15) is 24.9 Å². The monoisotopic (exact) mass is 276 g/mol. The van der Waals surface area contributed by atoms with Gasteiger partial charge < -0.3 is 24.2 Å². The first kappa shape index (κ1) is 12.1. The van der Waals surface area contributed by atoms with Crippen molar-refractivity contribution < 1.29 is 24.2 Å². The van der Waals surface area contributed by atoms with Gasteiger partial charge in [-0.15, -0.1) is 0 Å². The van der Waals surface area contributed by atoms with Gasteiger partial charge in [0.1, 0.15) is 0 Å². The van der Waals surface area contributed by atoms with Crippen LogP contribution in [0, 0.1) is 6.92 Å². The summed E-state index contributed by atoms with van der Waals surface area (Å²) in [5.74, 6) is -2.26. The molecular weight excluding hydrogens is 268 g/mol. The number of fused-ring (bicyclic) bond motifs is 3. The van der Waals surface area contributed by atoms with Crippen LogP contribution in [0.25, 0.3) is 21.9 Å². The van der Waals surface area contributed by atoms with Crippen molar-refractivity contribution in [1.29, 1.82) is 0 Å². The summed E-state index contributed by atoms with van der Waals surface area (Å²) >= 11 is 0. The Morgan fingerprint density at radius 3 is 2.35 bits per heavy atom. The van der Waals surface area contributed by atoms with Gasteiger partial charge in [0.05, 0.1) is 10.8 Å². The van der Waals surface area contributed by atoms with Crippen LogP contribution in [0.5, 0.6) is 17.2 Å². The number of aryl methyl sites for hydroxylation is 1. The fraction of sp³-hybridized carbons (Fsp3) is 0.0769. The second kappa shape index (κ2) is 3.77. The van der Waals surface area contributed by atoms with Crippen LogP contribution in [0.4, 0.5) is 0 Å². The molecule has 1 aromatic carbocycles. The lowest BCUT2D eigenvalue weighted by molar-refractivity contribution is 0.371. The highest BCUT2D eigenvalue weighted by atomic mass is 16.4. The predicted octanol–water partition coefficient (Wildman–Crippen LogP) is 1.32. The third kappa shape index (κ3) is 1.46. The van der Waals surface area contributed by atoms with E-state index in [2.05, 4.69) is 0 Å². The number of hydrogen-bond acceptors (Lipinski definition) is 7. The first-order chi connectivity index (χ1) is 9.40. The molecule has 3 N–H and O–H groups in total. The molecule has 2 aromatic heterocycles. The average Bonchev–Trinajstić information content (AvgIpc) is 2.39. The third-order valence-corrected chi connectivity index (χ3v) is 2.99. The van der Waals surface area contributed by atoms with Crippen molar-refractivity contribution in [2.45, 2.75) is 6.92 Å². The molecule has 7 nitrogen and oxygen atoms in total. The molecule has 0 aliphatic heterocycles.